The third-order valence-corrected chi connectivity index (χ3v) is 9.94. The molecule has 0 radical (unpaired) electrons. The lowest BCUT2D eigenvalue weighted by Gasteiger charge is -2.22. The number of ether oxygens (including phenoxy) is 3. The van der Waals surface area contributed by atoms with Gasteiger partial charge in [-0.05, 0) is 78.1 Å². The number of benzene rings is 3. The first-order valence-corrected chi connectivity index (χ1v) is 16.7. The highest BCUT2D eigenvalue weighted by Crippen LogP contribution is 2.46. The third-order valence-electron chi connectivity index (χ3n) is 7.41. The fourth-order valence-electron chi connectivity index (χ4n) is 5.20. The predicted molar refractivity (Wildman–Crippen MR) is 172 cm³/mol. The van der Waals surface area contributed by atoms with Crippen molar-refractivity contribution >= 4 is 45.0 Å². The smallest absolute Gasteiger partial charge is 0.304 e. The van der Waals surface area contributed by atoms with E-state index in [0.29, 0.717) is 47.1 Å². The Morgan fingerprint density at radius 1 is 1.10 bits per heavy atom. The Labute approximate surface area is 255 Å². The molecule has 0 saturated carbocycles. The molecule has 1 aliphatic rings. The molecule has 2 unspecified atom stereocenters. The zero-order valence-electron chi connectivity index (χ0n) is 24.1. The van der Waals surface area contributed by atoms with Crippen molar-refractivity contribution in [2.45, 2.75) is 59.0 Å². The molecule has 1 aliphatic heterocycles. The van der Waals surface area contributed by atoms with Crippen molar-refractivity contribution in [3.8, 4) is 28.4 Å². The Bertz CT molecular complexity index is 1400. The molecule has 3 aromatic carbocycles. The van der Waals surface area contributed by atoms with E-state index in [1.165, 1.54) is 0 Å². The largest absolute Gasteiger partial charge is 0.492 e. The summed E-state index contributed by atoms with van der Waals surface area (Å²) >= 11 is 13.9. The molecule has 0 fully saturated rings. The van der Waals surface area contributed by atoms with Crippen LogP contribution in [-0.2, 0) is 24.2 Å². The minimum atomic E-state index is -0.829. The van der Waals surface area contributed by atoms with Gasteiger partial charge in [0, 0.05) is 17.5 Å². The van der Waals surface area contributed by atoms with Gasteiger partial charge < -0.3 is 19.3 Å². The maximum atomic E-state index is 11.1. The highest BCUT2D eigenvalue weighted by atomic mass is 35.5. The molecule has 0 bridgehead atoms. The molecule has 2 atom stereocenters. The summed E-state index contributed by atoms with van der Waals surface area (Å²) in [6.07, 6.45) is 4.73. The van der Waals surface area contributed by atoms with E-state index in [2.05, 4.69) is 44.5 Å². The van der Waals surface area contributed by atoms with E-state index in [4.69, 9.17) is 42.5 Å². The van der Waals surface area contributed by atoms with Crippen LogP contribution in [0.3, 0.4) is 0 Å². The SMILES string of the molecule is C/C=S(\C)CCCOc1c(Cl)c(CC)c(-c2cccc(COc3ccc4c(c3)OCC4CC(=O)O)c2)c(CC)c1Cl. The quantitative estimate of drug-likeness (QED) is 0.153. The van der Waals surface area contributed by atoms with Crippen molar-refractivity contribution in [1.29, 1.82) is 0 Å². The van der Waals surface area contributed by atoms with E-state index in [1.54, 1.807) is 0 Å². The number of hydrogen-bond donors (Lipinski definition) is 1. The third kappa shape index (κ3) is 7.40. The molecule has 220 valence electrons. The summed E-state index contributed by atoms with van der Waals surface area (Å²) in [5, 5.41) is 12.6. The van der Waals surface area contributed by atoms with Crippen LogP contribution in [0.2, 0.25) is 10.0 Å². The molecule has 0 aliphatic carbocycles. The van der Waals surface area contributed by atoms with Gasteiger partial charge in [0.1, 0.15) is 18.1 Å². The van der Waals surface area contributed by atoms with Crippen molar-refractivity contribution in [3.05, 3.63) is 74.8 Å². The van der Waals surface area contributed by atoms with Crippen molar-refractivity contribution in [1.82, 2.24) is 0 Å². The standard InChI is InChI=1S/C33H38Cl2O5S/c1-5-25-30(26(6-2)32(35)33(31(25)34)38-14-9-15-41(4)7-3)22-11-8-10-21(16-22)19-39-24-12-13-27-23(17-29(36)37)20-40-28(27)18-24/h7-8,10-13,16,18,23H,5-6,9,14-15,17,19-20H2,1-4H3,(H,36,37). The molecule has 0 spiro atoms. The summed E-state index contributed by atoms with van der Waals surface area (Å²) in [6.45, 7) is 7.62. The minimum absolute atomic E-state index is 0.0536. The van der Waals surface area contributed by atoms with Crippen LogP contribution in [-0.4, -0.2) is 41.7 Å². The zero-order valence-corrected chi connectivity index (χ0v) is 26.4. The van der Waals surface area contributed by atoms with Gasteiger partial charge in [0.15, 0.2) is 5.75 Å². The number of carboxylic acid groups (broad SMARTS) is 1. The van der Waals surface area contributed by atoms with Gasteiger partial charge in [-0.3, -0.25) is 4.79 Å². The predicted octanol–water partition coefficient (Wildman–Crippen LogP) is 8.80. The maximum Gasteiger partial charge on any atom is 0.304 e. The second kappa shape index (κ2) is 14.5. The number of carbonyl (C=O) groups is 1. The fourth-order valence-corrected chi connectivity index (χ4v) is 6.81. The molecule has 8 heteroatoms. The first kappa shape index (κ1) is 31.3. The number of halogens is 2. The second-order valence-corrected chi connectivity index (χ2v) is 13.1. The monoisotopic (exact) mass is 616 g/mol. The van der Waals surface area contributed by atoms with Crippen LogP contribution in [0.25, 0.3) is 11.1 Å². The number of hydrogen-bond acceptors (Lipinski definition) is 4. The molecular formula is C33H38Cl2O5S. The molecule has 0 amide bonds. The molecule has 1 N–H and O–H groups in total. The van der Waals surface area contributed by atoms with Crippen molar-refractivity contribution < 1.29 is 24.1 Å². The van der Waals surface area contributed by atoms with Gasteiger partial charge in [0.25, 0.3) is 0 Å². The number of fused-ring (bicyclic) bond motifs is 1. The minimum Gasteiger partial charge on any atom is -0.492 e. The first-order valence-electron chi connectivity index (χ1n) is 14.0. The highest BCUT2D eigenvalue weighted by molar-refractivity contribution is 8.14. The van der Waals surface area contributed by atoms with Crippen molar-refractivity contribution in [2.75, 3.05) is 25.2 Å². The van der Waals surface area contributed by atoms with Crippen LogP contribution in [0.1, 0.15) is 61.8 Å². The van der Waals surface area contributed by atoms with Gasteiger partial charge in [0.05, 0.1) is 29.7 Å². The second-order valence-electron chi connectivity index (χ2n) is 10.1. The van der Waals surface area contributed by atoms with Crippen LogP contribution in [0.15, 0.2) is 42.5 Å². The molecule has 0 aromatic heterocycles. The lowest BCUT2D eigenvalue weighted by Crippen LogP contribution is -2.07. The first-order chi connectivity index (χ1) is 19.8. The Hall–Kier alpha value is -2.67. The summed E-state index contributed by atoms with van der Waals surface area (Å²) in [6, 6.07) is 13.9. The number of carboxylic acids is 1. The van der Waals surface area contributed by atoms with Crippen molar-refractivity contribution in [3.63, 3.8) is 0 Å². The molecule has 1 heterocycles. The summed E-state index contributed by atoms with van der Waals surface area (Å²) in [7, 11) is 0.287. The summed E-state index contributed by atoms with van der Waals surface area (Å²) < 4.78 is 18.0. The number of rotatable bonds is 13. The van der Waals surface area contributed by atoms with Gasteiger partial charge in [-0.1, -0.05) is 66.7 Å². The van der Waals surface area contributed by atoms with Crippen molar-refractivity contribution in [2.24, 2.45) is 0 Å². The Morgan fingerprint density at radius 2 is 1.83 bits per heavy atom. The Balaban J connectivity index is 1.55. The van der Waals surface area contributed by atoms with Crippen LogP contribution >= 0.6 is 33.7 Å². The maximum absolute atomic E-state index is 11.1. The lowest BCUT2D eigenvalue weighted by atomic mass is 9.90. The van der Waals surface area contributed by atoms with Crippen LogP contribution in [0.4, 0.5) is 0 Å². The zero-order chi connectivity index (χ0) is 29.5. The van der Waals surface area contributed by atoms with Crippen LogP contribution < -0.4 is 14.2 Å². The Kier molecular flexibility index (Phi) is 11.0. The lowest BCUT2D eigenvalue weighted by molar-refractivity contribution is -0.137. The average molecular weight is 618 g/mol. The summed E-state index contributed by atoms with van der Waals surface area (Å²) in [5.41, 5.74) is 6.08. The molecule has 3 aromatic rings. The highest BCUT2D eigenvalue weighted by Gasteiger charge is 2.27. The van der Waals surface area contributed by atoms with Gasteiger partial charge >= 0.3 is 5.97 Å². The number of aliphatic carboxylic acids is 1. The summed E-state index contributed by atoms with van der Waals surface area (Å²) in [4.78, 5) is 11.1. The van der Waals surface area contributed by atoms with Gasteiger partial charge in [-0.25, -0.2) is 0 Å². The molecule has 0 saturated heterocycles. The molecule has 5 nitrogen and oxygen atoms in total. The van der Waals surface area contributed by atoms with Crippen LogP contribution in [0, 0.1) is 0 Å². The molecule has 4 rings (SSSR count). The van der Waals surface area contributed by atoms with E-state index in [0.717, 1.165) is 58.4 Å². The van der Waals surface area contributed by atoms with Gasteiger partial charge in [-0.15, -0.1) is 0 Å². The Morgan fingerprint density at radius 3 is 2.49 bits per heavy atom. The van der Waals surface area contributed by atoms with E-state index in [-0.39, 0.29) is 22.8 Å². The van der Waals surface area contributed by atoms with Gasteiger partial charge in [-0.2, -0.15) is 10.5 Å². The van der Waals surface area contributed by atoms with Crippen LogP contribution in [0.5, 0.6) is 17.2 Å². The topological polar surface area (TPSA) is 65.0 Å². The van der Waals surface area contributed by atoms with E-state index in [1.807, 2.05) is 30.3 Å². The van der Waals surface area contributed by atoms with E-state index in [9.17, 15) is 4.79 Å². The van der Waals surface area contributed by atoms with E-state index < -0.39 is 5.97 Å². The molecule has 41 heavy (non-hydrogen) atoms. The molecular weight excluding hydrogens is 579 g/mol. The van der Waals surface area contributed by atoms with Gasteiger partial charge in [0.2, 0.25) is 0 Å². The fraction of sp³-hybridized carbons (Fsp3) is 0.394. The van der Waals surface area contributed by atoms with E-state index >= 15 is 0 Å². The normalized spacial score (nSPS) is 14.9. The summed E-state index contributed by atoms with van der Waals surface area (Å²) in [5.74, 6) is 2.08. The average Bonchev–Trinajstić information content (AvgIpc) is 3.36.